The van der Waals surface area contributed by atoms with Gasteiger partial charge in [0, 0.05) is 0 Å². The minimum Gasteiger partial charge on any atom is -0.415 e. The Balaban J connectivity index is 1.43. The Labute approximate surface area is 811 Å². The first-order chi connectivity index (χ1) is 60.0. The molecule has 35 atom stereocenters. The molecule has 35 nitrogen and oxygen atoms in total. The molecule has 784 valence electrons. The molecule has 0 saturated carbocycles. The third-order valence-corrected chi connectivity index (χ3v) is 35.6. The second-order valence-corrected chi connectivity index (χ2v) is 114. The highest BCUT2D eigenvalue weighted by molar-refractivity contribution is 6.74. The van der Waals surface area contributed by atoms with Crippen LogP contribution in [0.3, 0.4) is 0 Å². The number of aliphatic hydroxyl groups excluding tert-OH is 7. The van der Waals surface area contributed by atoms with Gasteiger partial charge in [-0.25, -0.2) is 0 Å². The summed E-state index contributed by atoms with van der Waals surface area (Å²) in [5, 5.41) is 96.4. The van der Waals surface area contributed by atoms with Gasteiger partial charge >= 0.3 is 0 Å². The number of rotatable bonds is 35. The molecule has 14 bridgehead atoms. The lowest BCUT2D eigenvalue weighted by atomic mass is 9.95. The van der Waals surface area contributed by atoms with Crippen molar-refractivity contribution in [3.8, 4) is 0 Å². The number of hydrogen-bond donors (Lipinski definition) is 7. The summed E-state index contributed by atoms with van der Waals surface area (Å²) in [6.07, 6.45) is -50.5. The molecular formula is C84H182O35Si14. The van der Waals surface area contributed by atoms with Crippen LogP contribution in [0.4, 0.5) is 0 Å². The van der Waals surface area contributed by atoms with Gasteiger partial charge in [-0.1, -0.05) is 0 Å². The first-order valence-electron chi connectivity index (χ1n) is 48.1. The summed E-state index contributed by atoms with van der Waals surface area (Å²) in [4.78, 5) is 0. The molecule has 0 aliphatic carbocycles. The molecule has 21 saturated heterocycles. The lowest BCUT2D eigenvalue weighted by molar-refractivity contribution is -0.392. The molecule has 0 spiro atoms. The Hall–Kier alpha value is 1.64. The summed E-state index contributed by atoms with van der Waals surface area (Å²) >= 11 is 0. The molecule has 0 aromatic rings. The first kappa shape index (κ1) is 120. The average Bonchev–Trinajstić information content (AvgIpc) is 0.832. The summed E-state index contributed by atoms with van der Waals surface area (Å²) in [6.45, 7) is 82.4. The van der Waals surface area contributed by atoms with Gasteiger partial charge in [-0.05, 0) is 275 Å². The Morgan fingerprint density at radius 1 is 0.143 bits per heavy atom. The molecule has 21 rings (SSSR count). The third kappa shape index (κ3) is 38.1. The molecule has 21 aliphatic heterocycles. The maximum atomic E-state index is 13.8. The van der Waals surface area contributed by atoms with Gasteiger partial charge in [-0.15, -0.1) is 0 Å². The fourth-order valence-electron chi connectivity index (χ4n) is 16.3. The summed E-state index contributed by atoms with van der Waals surface area (Å²) in [6, 6.07) is 0. The molecule has 0 amide bonds. The van der Waals surface area contributed by atoms with E-state index in [2.05, 4.69) is 0 Å². The standard InChI is InChI=1S/C84H182O35Si14/c1-120(2,3)92-43-50-64-57(85)71(113-127(22,23)24)78(99-50)107-65-51(44-93-121(4,5)6)101-80(73(58(65)86)115-129(28,29)30)109-67-53(46-95-123(10,11)12)103-82(75(60(67)88)117-131(34,35)36)111-69-55(48-97-125(16,17)18)105-84(77(62(69)90)119-133(40,41)42)112-70-56(49-98-126(19,20)21)104-83(76(63(70)91)118-132(37,38)39)110-68-54(47-96-124(13,14)15)102-81(74(61(68)89)116-130(31,32)33)108-66-52(45-94-122(7,8)9)100-79(106-64)72(59(66)87)114-128(25,26)27/h50-91H,43-49H2,1-42H3. The van der Waals surface area contributed by atoms with E-state index in [0.29, 0.717) is 0 Å². The molecule has 21 fully saturated rings. The van der Waals surface area contributed by atoms with E-state index in [1.807, 2.05) is 275 Å². The van der Waals surface area contributed by atoms with Crippen LogP contribution >= 0.6 is 0 Å². The number of ether oxygens (including phenoxy) is 14. The van der Waals surface area contributed by atoms with Crippen molar-refractivity contribution in [3.05, 3.63) is 0 Å². The van der Waals surface area contributed by atoms with Crippen molar-refractivity contribution in [1.29, 1.82) is 0 Å². The molecule has 0 aromatic heterocycles. The third-order valence-electron chi connectivity index (χ3n) is 21.5. The molecule has 133 heavy (non-hydrogen) atoms. The highest BCUT2D eigenvalue weighted by atomic mass is 28.4. The maximum Gasteiger partial charge on any atom is 0.186 e. The van der Waals surface area contributed by atoms with E-state index in [9.17, 15) is 35.7 Å². The molecule has 0 aromatic carbocycles. The van der Waals surface area contributed by atoms with Crippen molar-refractivity contribution in [2.45, 2.75) is 490 Å². The Morgan fingerprint density at radius 3 is 0.308 bits per heavy atom. The number of hydrogen-bond acceptors (Lipinski definition) is 35. The van der Waals surface area contributed by atoms with Crippen molar-refractivity contribution in [2.24, 2.45) is 0 Å². The normalized spacial score (nSPS) is 39.0. The van der Waals surface area contributed by atoms with E-state index in [0.717, 1.165) is 0 Å². The highest BCUT2D eigenvalue weighted by Gasteiger charge is 2.64. The molecule has 7 N–H and O–H groups in total. The van der Waals surface area contributed by atoms with Gasteiger partial charge in [-0.3, -0.25) is 0 Å². The van der Waals surface area contributed by atoms with Gasteiger partial charge in [0.15, 0.2) is 160 Å². The van der Waals surface area contributed by atoms with Crippen molar-refractivity contribution in [1.82, 2.24) is 0 Å². The van der Waals surface area contributed by atoms with Crippen LogP contribution in [-0.4, -0.2) is 413 Å². The topological polar surface area (TPSA) is 400 Å². The zero-order valence-corrected chi connectivity index (χ0v) is 103. The van der Waals surface area contributed by atoms with Crippen LogP contribution in [0, 0.1) is 0 Å². The SMILES string of the molecule is C[Si](C)(C)OCC1OC2OC3C(CO[Si](C)(C)C)OC(OC4C(CO[Si](C)(C)C)OC(OC5C(CO[Si](C)(C)C)OC(OC6C(CO[Si](C)(C)C)OC(OC7C(CO[Si](C)(C)C)OC(OC8C(CO[Si](C)(C)C)OC(OC1C(O)C2O[Si](C)(C)C)C(O[Si](C)(C)C)C8O)C(O[Si](C)(C)C)C7O)C(O[Si](C)(C)C)C6O)C(O[Si](C)(C)C)C5O)C(O[Si](C)(C)C)C4O)C(O[Si](C)(C)C)C3O. The minimum atomic E-state index is -2.86. The minimum absolute atomic E-state index is 0.169. The van der Waals surface area contributed by atoms with E-state index < -0.39 is 331 Å². The molecule has 0 radical (unpaired) electrons. The molecule has 35 unspecified atom stereocenters. The van der Waals surface area contributed by atoms with Crippen LogP contribution in [0.25, 0.3) is 0 Å². The van der Waals surface area contributed by atoms with Crippen LogP contribution in [-0.2, 0) is 128 Å². The Bertz CT molecular complexity index is 2890. The maximum absolute atomic E-state index is 13.8. The van der Waals surface area contributed by atoms with Crippen LogP contribution in [0.2, 0.25) is 275 Å². The van der Waals surface area contributed by atoms with E-state index in [1.54, 1.807) is 0 Å². The Morgan fingerprint density at radius 2 is 0.233 bits per heavy atom. The van der Waals surface area contributed by atoms with Crippen molar-refractivity contribution in [3.63, 3.8) is 0 Å². The second kappa shape index (κ2) is 46.2. The lowest BCUT2D eigenvalue weighted by Gasteiger charge is -2.53. The predicted octanol–water partition coefficient (Wildman–Crippen LogP) is 10.8. The molecular weight excluding hydrogens is 1960 g/mol. The molecule has 49 heteroatoms. The van der Waals surface area contributed by atoms with Gasteiger partial charge in [0.2, 0.25) is 0 Å². The van der Waals surface area contributed by atoms with Crippen LogP contribution in [0.15, 0.2) is 0 Å². The first-order valence-corrected chi connectivity index (χ1v) is 95.8. The monoisotopic (exact) mass is 2140 g/mol. The Kier molecular flexibility index (Phi) is 41.6. The van der Waals surface area contributed by atoms with E-state index in [4.69, 9.17) is 128 Å². The van der Waals surface area contributed by atoms with Gasteiger partial charge in [-0.2, -0.15) is 0 Å². The fraction of sp³-hybridized carbons (Fsp3) is 1.00. The van der Waals surface area contributed by atoms with Crippen LogP contribution in [0.5, 0.6) is 0 Å². The summed E-state index contributed by atoms with van der Waals surface area (Å²) < 4.78 is 200. The largest absolute Gasteiger partial charge is 0.415 e. The van der Waals surface area contributed by atoms with Gasteiger partial charge in [0.1, 0.15) is 171 Å². The fourth-order valence-corrected chi connectivity index (χ4v) is 28.4. The highest BCUT2D eigenvalue weighted by Crippen LogP contribution is 2.45. The zero-order valence-electron chi connectivity index (χ0n) is 88.7. The quantitative estimate of drug-likeness (QED) is 0.0290. The van der Waals surface area contributed by atoms with Gasteiger partial charge in [0.25, 0.3) is 0 Å². The number of aliphatic hydroxyl groups is 7. The van der Waals surface area contributed by atoms with E-state index in [-0.39, 0.29) is 46.2 Å². The van der Waals surface area contributed by atoms with E-state index >= 15 is 0 Å². The molecule has 21 aliphatic rings. The summed E-state index contributed by atoms with van der Waals surface area (Å²) in [5.41, 5.74) is 0. The lowest BCUT2D eigenvalue weighted by Crippen LogP contribution is -2.70. The second-order valence-electron chi connectivity index (χ2n) is 50.8. The predicted molar refractivity (Wildman–Crippen MR) is 539 cm³/mol. The van der Waals surface area contributed by atoms with Crippen molar-refractivity contribution >= 4 is 116 Å². The van der Waals surface area contributed by atoms with Gasteiger partial charge < -0.3 is 164 Å². The average molecular weight is 2150 g/mol. The van der Waals surface area contributed by atoms with E-state index in [1.165, 1.54) is 0 Å². The van der Waals surface area contributed by atoms with Gasteiger partial charge in [0.05, 0.1) is 46.2 Å². The van der Waals surface area contributed by atoms with Crippen LogP contribution in [0.1, 0.15) is 0 Å². The summed E-state index contributed by atoms with van der Waals surface area (Å²) in [7, 11) is -37.6. The summed E-state index contributed by atoms with van der Waals surface area (Å²) in [5.74, 6) is 0. The van der Waals surface area contributed by atoms with Crippen LogP contribution < -0.4 is 0 Å². The molecule has 21 heterocycles. The smallest absolute Gasteiger partial charge is 0.186 e. The van der Waals surface area contributed by atoms with Crippen molar-refractivity contribution < 1.29 is 164 Å². The van der Waals surface area contributed by atoms with Crippen molar-refractivity contribution in [2.75, 3.05) is 46.2 Å². The zero-order chi connectivity index (χ0) is 101.